The van der Waals surface area contributed by atoms with Gasteiger partial charge in [-0.1, -0.05) is 19.3 Å². The third-order valence-electron chi connectivity index (χ3n) is 6.21. The Hall–Kier alpha value is -1.70. The second-order valence-electron chi connectivity index (χ2n) is 7.87. The number of nitrogens with zero attached hydrogens (tertiary/aromatic N) is 5. The Bertz CT molecular complexity index is 656. The molecule has 9 heteroatoms. The van der Waals surface area contributed by atoms with Crippen LogP contribution in [0.4, 0.5) is 0 Å². The van der Waals surface area contributed by atoms with Crippen LogP contribution in [-0.2, 0) is 15.1 Å². The molecule has 8 nitrogen and oxygen atoms in total. The summed E-state index contributed by atoms with van der Waals surface area (Å²) in [5.41, 5.74) is -0.679. The predicted octanol–water partition coefficient (Wildman–Crippen LogP) is 0.924. The van der Waals surface area contributed by atoms with Gasteiger partial charge in [-0.3, -0.25) is 9.59 Å². The number of aromatic nitrogens is 4. The fraction of sp³-hybridized carbons (Fsp3) is 0.824. The van der Waals surface area contributed by atoms with Crippen molar-refractivity contribution in [2.45, 2.75) is 56.5 Å². The lowest BCUT2D eigenvalue weighted by Crippen LogP contribution is -2.52. The number of rotatable bonds is 5. The third-order valence-corrected chi connectivity index (χ3v) is 6.46. The number of alkyl halides is 1. The van der Waals surface area contributed by atoms with Gasteiger partial charge in [0.15, 0.2) is 0 Å². The third kappa shape index (κ3) is 3.19. The number of carbonyl (C=O) groups is 2. The first kappa shape index (κ1) is 17.7. The molecule has 2 heterocycles. The minimum absolute atomic E-state index is 0.00721. The first-order valence-corrected chi connectivity index (χ1v) is 10.1. The molecule has 26 heavy (non-hydrogen) atoms. The summed E-state index contributed by atoms with van der Waals surface area (Å²) in [7, 11) is 0. The Morgan fingerprint density at radius 3 is 2.58 bits per heavy atom. The van der Waals surface area contributed by atoms with E-state index in [0.29, 0.717) is 24.9 Å². The van der Waals surface area contributed by atoms with E-state index in [1.165, 1.54) is 12.8 Å². The van der Waals surface area contributed by atoms with E-state index in [9.17, 15) is 9.59 Å². The van der Waals surface area contributed by atoms with Gasteiger partial charge in [-0.15, -0.1) is 16.7 Å². The van der Waals surface area contributed by atoms with Gasteiger partial charge in [0.2, 0.25) is 5.91 Å². The Morgan fingerprint density at radius 2 is 1.96 bits per heavy atom. The largest absolute Gasteiger partial charge is 0.350 e. The van der Waals surface area contributed by atoms with E-state index in [2.05, 4.69) is 20.8 Å². The molecule has 0 aromatic carbocycles. The summed E-state index contributed by atoms with van der Waals surface area (Å²) in [5.74, 6) is 0.808. The molecule has 2 aliphatic carbocycles. The summed E-state index contributed by atoms with van der Waals surface area (Å²) in [4.78, 5) is 27.3. The highest BCUT2D eigenvalue weighted by molar-refractivity contribution is 6.27. The minimum Gasteiger partial charge on any atom is -0.350 e. The van der Waals surface area contributed by atoms with Gasteiger partial charge in [-0.25, -0.2) is 4.68 Å². The van der Waals surface area contributed by atoms with Crippen LogP contribution in [0.25, 0.3) is 0 Å². The zero-order chi connectivity index (χ0) is 18.1. The number of hydrogen-bond donors (Lipinski definition) is 1. The number of nitrogens with one attached hydrogen (secondary N) is 1. The van der Waals surface area contributed by atoms with Crippen LogP contribution >= 0.6 is 11.6 Å². The number of halogens is 1. The highest BCUT2D eigenvalue weighted by Crippen LogP contribution is 2.43. The van der Waals surface area contributed by atoms with Crippen LogP contribution in [0.15, 0.2) is 6.33 Å². The fourth-order valence-electron chi connectivity index (χ4n) is 4.72. The quantitative estimate of drug-likeness (QED) is 0.767. The number of carbonyl (C=O) groups excluding carboxylic acids is 2. The highest BCUT2D eigenvalue weighted by atomic mass is 35.5. The van der Waals surface area contributed by atoms with Gasteiger partial charge in [-0.2, -0.15) is 0 Å². The highest BCUT2D eigenvalue weighted by Gasteiger charge is 2.50. The van der Waals surface area contributed by atoms with Crippen LogP contribution in [0.5, 0.6) is 0 Å². The van der Waals surface area contributed by atoms with Crippen LogP contribution < -0.4 is 5.32 Å². The smallest absolute Gasteiger partial charge is 0.250 e. The summed E-state index contributed by atoms with van der Waals surface area (Å²) in [6, 6.07) is -0.00721. The molecule has 2 atom stereocenters. The fourth-order valence-corrected chi connectivity index (χ4v) is 4.80. The Morgan fingerprint density at radius 1 is 1.19 bits per heavy atom. The Kier molecular flexibility index (Phi) is 4.86. The molecular formula is C17H25ClN6O2. The van der Waals surface area contributed by atoms with Crippen LogP contribution in [0, 0.1) is 11.8 Å². The Balaban J connectivity index is 1.55. The van der Waals surface area contributed by atoms with Crippen LogP contribution in [0.2, 0.25) is 0 Å². The lowest BCUT2D eigenvalue weighted by atomic mass is 9.80. The average Bonchev–Trinajstić information content (AvgIpc) is 3.19. The number of hydrogen-bond acceptors (Lipinski definition) is 5. The number of amides is 2. The van der Waals surface area contributed by atoms with Gasteiger partial charge in [0.05, 0.1) is 6.04 Å². The molecule has 1 aromatic heterocycles. The molecule has 1 aliphatic heterocycles. The molecule has 3 fully saturated rings. The molecule has 4 rings (SSSR count). The number of likely N-dealkylation sites (tertiary alicyclic amines) is 1. The van der Waals surface area contributed by atoms with Crippen molar-refractivity contribution in [3.05, 3.63) is 6.33 Å². The number of tetrazole rings is 1. The van der Waals surface area contributed by atoms with Crippen molar-refractivity contribution in [2.24, 2.45) is 11.8 Å². The van der Waals surface area contributed by atoms with Crippen molar-refractivity contribution in [3.63, 3.8) is 0 Å². The molecule has 3 aliphatic rings. The minimum atomic E-state index is -0.679. The van der Waals surface area contributed by atoms with E-state index in [-0.39, 0.29) is 23.7 Å². The van der Waals surface area contributed by atoms with Crippen LogP contribution in [0.3, 0.4) is 0 Å². The first-order chi connectivity index (χ1) is 12.6. The van der Waals surface area contributed by atoms with Gasteiger partial charge in [0.25, 0.3) is 5.91 Å². The van der Waals surface area contributed by atoms with Crippen LogP contribution in [0.1, 0.15) is 44.9 Å². The van der Waals surface area contributed by atoms with E-state index in [1.54, 1.807) is 11.0 Å². The molecular weight excluding hydrogens is 356 g/mol. The molecule has 0 unspecified atom stereocenters. The van der Waals surface area contributed by atoms with Gasteiger partial charge in [0.1, 0.15) is 17.7 Å². The van der Waals surface area contributed by atoms with Crippen molar-refractivity contribution in [2.75, 3.05) is 19.0 Å². The van der Waals surface area contributed by atoms with Crippen LogP contribution in [-0.4, -0.2) is 61.9 Å². The second kappa shape index (κ2) is 7.13. The predicted molar refractivity (Wildman–Crippen MR) is 94.3 cm³/mol. The zero-order valence-electron chi connectivity index (χ0n) is 14.8. The van der Waals surface area contributed by atoms with Gasteiger partial charge in [-0.05, 0) is 42.0 Å². The summed E-state index contributed by atoms with van der Waals surface area (Å²) in [6.45, 7) is 1.24. The van der Waals surface area contributed by atoms with Gasteiger partial charge < -0.3 is 10.2 Å². The molecule has 0 radical (unpaired) electrons. The SMILES string of the molecule is O=C(CCl)N[C@@H]1CN(C(=O)C2(n3cnnn3)CCCCC2)C[C@H]1C1CC1. The van der Waals surface area contributed by atoms with Gasteiger partial charge >= 0.3 is 0 Å². The molecule has 1 aromatic rings. The maximum absolute atomic E-state index is 13.6. The molecule has 142 valence electrons. The topological polar surface area (TPSA) is 93.0 Å². The first-order valence-electron chi connectivity index (χ1n) is 9.52. The van der Waals surface area contributed by atoms with E-state index >= 15 is 0 Å². The van der Waals surface area contributed by atoms with Crippen molar-refractivity contribution in [1.82, 2.24) is 30.4 Å². The second-order valence-corrected chi connectivity index (χ2v) is 8.13. The molecule has 2 amide bonds. The standard InChI is InChI=1S/C17H25ClN6O2/c18-8-15(25)20-14-10-23(9-13(14)12-4-5-12)16(26)17(6-2-1-3-7-17)24-11-19-21-22-24/h11-14H,1-10H2,(H,20,25)/t13-,14+/m0/s1. The summed E-state index contributed by atoms with van der Waals surface area (Å²) in [5, 5.41) is 14.6. The van der Waals surface area contributed by atoms with Crippen molar-refractivity contribution in [3.8, 4) is 0 Å². The van der Waals surface area contributed by atoms with E-state index < -0.39 is 5.54 Å². The monoisotopic (exact) mass is 380 g/mol. The summed E-state index contributed by atoms with van der Waals surface area (Å²) in [6.07, 6.45) is 8.58. The van der Waals surface area contributed by atoms with E-state index in [4.69, 9.17) is 11.6 Å². The lowest BCUT2D eigenvalue weighted by molar-refractivity contribution is -0.142. The van der Waals surface area contributed by atoms with E-state index in [0.717, 1.165) is 32.1 Å². The maximum atomic E-state index is 13.6. The average molecular weight is 381 g/mol. The van der Waals surface area contributed by atoms with Gasteiger partial charge in [0, 0.05) is 19.0 Å². The summed E-state index contributed by atoms with van der Waals surface area (Å²) < 4.78 is 1.66. The maximum Gasteiger partial charge on any atom is 0.250 e. The molecule has 1 N–H and O–H groups in total. The molecule has 0 spiro atoms. The lowest BCUT2D eigenvalue weighted by Gasteiger charge is -2.38. The summed E-state index contributed by atoms with van der Waals surface area (Å²) >= 11 is 5.67. The Labute approximate surface area is 157 Å². The van der Waals surface area contributed by atoms with Crippen molar-refractivity contribution < 1.29 is 9.59 Å². The van der Waals surface area contributed by atoms with E-state index in [1.807, 2.05) is 4.90 Å². The zero-order valence-corrected chi connectivity index (χ0v) is 15.6. The normalized spacial score (nSPS) is 28.1. The molecule has 1 saturated heterocycles. The van der Waals surface area contributed by atoms with Crippen molar-refractivity contribution >= 4 is 23.4 Å². The molecule has 2 saturated carbocycles. The molecule has 0 bridgehead atoms. The van der Waals surface area contributed by atoms with Crippen molar-refractivity contribution in [1.29, 1.82) is 0 Å².